The van der Waals surface area contributed by atoms with Crippen molar-refractivity contribution in [3.63, 3.8) is 0 Å². The molecule has 21 heavy (non-hydrogen) atoms. The Kier molecular flexibility index (Phi) is 5.34. The zero-order valence-electron chi connectivity index (χ0n) is 13.6. The topological polar surface area (TPSA) is 45.2 Å². The summed E-state index contributed by atoms with van der Waals surface area (Å²) in [6.07, 6.45) is 2.29. The molecule has 1 aromatic rings. The Labute approximate surface area is 127 Å². The number of pyridine rings is 1. The normalized spacial score (nSPS) is 19.1. The van der Waals surface area contributed by atoms with Gasteiger partial charge in [-0.1, -0.05) is 13.8 Å². The van der Waals surface area contributed by atoms with Crippen molar-refractivity contribution in [3.8, 4) is 0 Å². The van der Waals surface area contributed by atoms with Crippen LogP contribution in [0.5, 0.6) is 0 Å². The van der Waals surface area contributed by atoms with Crippen LogP contribution in [0.1, 0.15) is 48.4 Å². The molecule has 0 bridgehead atoms. The molecule has 1 aliphatic rings. The number of hydrogen-bond acceptors (Lipinski definition) is 3. The van der Waals surface area contributed by atoms with E-state index < -0.39 is 0 Å². The van der Waals surface area contributed by atoms with Crippen molar-refractivity contribution in [2.75, 3.05) is 19.6 Å². The van der Waals surface area contributed by atoms with Crippen LogP contribution >= 0.6 is 0 Å². The second kappa shape index (κ2) is 7.03. The Morgan fingerprint density at radius 3 is 2.86 bits per heavy atom. The van der Waals surface area contributed by atoms with E-state index in [2.05, 4.69) is 24.1 Å². The molecule has 1 amide bonds. The molecule has 0 saturated carbocycles. The van der Waals surface area contributed by atoms with Gasteiger partial charge in [-0.25, -0.2) is 0 Å². The minimum atomic E-state index is 0.134. The SMILES string of the molecule is Cc1ccc(C(=O)N2CCCC(CNC(C)C)C2)c(C)n1. The molecule has 116 valence electrons. The highest BCUT2D eigenvalue weighted by atomic mass is 16.2. The Morgan fingerprint density at radius 2 is 2.19 bits per heavy atom. The average Bonchev–Trinajstić information content (AvgIpc) is 2.45. The monoisotopic (exact) mass is 289 g/mol. The van der Waals surface area contributed by atoms with Gasteiger partial charge in [0, 0.05) is 24.8 Å². The lowest BCUT2D eigenvalue weighted by Gasteiger charge is -2.33. The Hall–Kier alpha value is -1.42. The molecule has 2 heterocycles. The first-order chi connectivity index (χ1) is 9.97. The summed E-state index contributed by atoms with van der Waals surface area (Å²) in [4.78, 5) is 19.1. The summed E-state index contributed by atoms with van der Waals surface area (Å²) in [6, 6.07) is 4.33. The van der Waals surface area contributed by atoms with Crippen LogP contribution < -0.4 is 5.32 Å². The van der Waals surface area contributed by atoms with E-state index in [4.69, 9.17) is 0 Å². The molecule has 4 nitrogen and oxygen atoms in total. The van der Waals surface area contributed by atoms with Crippen LogP contribution in [0.3, 0.4) is 0 Å². The largest absolute Gasteiger partial charge is 0.338 e. The van der Waals surface area contributed by atoms with Gasteiger partial charge in [-0.05, 0) is 51.3 Å². The van der Waals surface area contributed by atoms with E-state index in [1.165, 1.54) is 6.42 Å². The van der Waals surface area contributed by atoms with Gasteiger partial charge in [0.2, 0.25) is 0 Å². The molecular formula is C17H27N3O. The number of likely N-dealkylation sites (tertiary alicyclic amines) is 1. The van der Waals surface area contributed by atoms with Gasteiger partial charge >= 0.3 is 0 Å². The maximum absolute atomic E-state index is 12.7. The molecule has 1 aliphatic heterocycles. The number of amides is 1. The third kappa shape index (κ3) is 4.27. The Bertz CT molecular complexity index is 499. The molecule has 1 unspecified atom stereocenters. The van der Waals surface area contributed by atoms with Crippen LogP contribution in [-0.4, -0.2) is 41.5 Å². The molecule has 0 spiro atoms. The van der Waals surface area contributed by atoms with E-state index in [0.717, 1.165) is 43.0 Å². The minimum Gasteiger partial charge on any atom is -0.338 e. The second-order valence-electron chi connectivity index (χ2n) is 6.41. The number of nitrogens with zero attached hydrogens (tertiary/aromatic N) is 2. The van der Waals surface area contributed by atoms with Crippen molar-refractivity contribution in [2.24, 2.45) is 5.92 Å². The lowest BCUT2D eigenvalue weighted by atomic mass is 9.97. The highest BCUT2D eigenvalue weighted by Crippen LogP contribution is 2.19. The molecule has 0 radical (unpaired) electrons. The first kappa shape index (κ1) is 16.0. The zero-order chi connectivity index (χ0) is 15.4. The molecule has 0 aromatic carbocycles. The van der Waals surface area contributed by atoms with Crippen LogP contribution in [-0.2, 0) is 0 Å². The van der Waals surface area contributed by atoms with Crippen molar-refractivity contribution >= 4 is 5.91 Å². The van der Waals surface area contributed by atoms with Crippen molar-refractivity contribution in [2.45, 2.75) is 46.6 Å². The number of piperidine rings is 1. The summed E-state index contributed by atoms with van der Waals surface area (Å²) in [5.74, 6) is 0.693. The van der Waals surface area contributed by atoms with Crippen LogP contribution in [0, 0.1) is 19.8 Å². The quantitative estimate of drug-likeness (QED) is 0.926. The summed E-state index contributed by atoms with van der Waals surface area (Å²) in [7, 11) is 0. The van der Waals surface area contributed by atoms with Crippen LogP contribution in [0.4, 0.5) is 0 Å². The number of nitrogens with one attached hydrogen (secondary N) is 1. The van der Waals surface area contributed by atoms with Crippen molar-refractivity contribution in [1.82, 2.24) is 15.2 Å². The number of carbonyl (C=O) groups is 1. The van der Waals surface area contributed by atoms with Crippen LogP contribution in [0.15, 0.2) is 12.1 Å². The number of rotatable bonds is 4. The number of carbonyl (C=O) groups excluding carboxylic acids is 1. The van der Waals surface area contributed by atoms with Gasteiger partial charge < -0.3 is 10.2 Å². The molecule has 2 rings (SSSR count). The highest BCUT2D eigenvalue weighted by Gasteiger charge is 2.25. The summed E-state index contributed by atoms with van der Waals surface area (Å²) in [5.41, 5.74) is 2.54. The van der Waals surface area contributed by atoms with E-state index in [1.807, 2.05) is 30.9 Å². The Balaban J connectivity index is 2.01. The van der Waals surface area contributed by atoms with Gasteiger partial charge in [-0.2, -0.15) is 0 Å². The van der Waals surface area contributed by atoms with E-state index >= 15 is 0 Å². The molecular weight excluding hydrogens is 262 g/mol. The second-order valence-corrected chi connectivity index (χ2v) is 6.41. The molecule has 4 heteroatoms. The van der Waals surface area contributed by atoms with E-state index in [-0.39, 0.29) is 5.91 Å². The fourth-order valence-corrected chi connectivity index (χ4v) is 2.90. The lowest BCUT2D eigenvalue weighted by Crippen LogP contribution is -2.44. The third-order valence-electron chi connectivity index (χ3n) is 4.08. The van der Waals surface area contributed by atoms with Gasteiger partial charge in [0.25, 0.3) is 5.91 Å². The first-order valence-corrected chi connectivity index (χ1v) is 7.94. The van der Waals surface area contributed by atoms with Gasteiger partial charge in [0.15, 0.2) is 0 Å². The lowest BCUT2D eigenvalue weighted by molar-refractivity contribution is 0.0671. The number of aromatic nitrogens is 1. The van der Waals surface area contributed by atoms with Gasteiger partial charge in [0.1, 0.15) is 0 Å². The van der Waals surface area contributed by atoms with Crippen molar-refractivity contribution in [1.29, 1.82) is 0 Å². The van der Waals surface area contributed by atoms with Crippen LogP contribution in [0.25, 0.3) is 0 Å². The Morgan fingerprint density at radius 1 is 1.43 bits per heavy atom. The highest BCUT2D eigenvalue weighted by molar-refractivity contribution is 5.95. The third-order valence-corrected chi connectivity index (χ3v) is 4.08. The maximum Gasteiger partial charge on any atom is 0.255 e. The predicted octanol–water partition coefficient (Wildman–Crippen LogP) is 2.55. The van der Waals surface area contributed by atoms with E-state index in [0.29, 0.717) is 12.0 Å². The fourth-order valence-electron chi connectivity index (χ4n) is 2.90. The number of hydrogen-bond donors (Lipinski definition) is 1. The summed E-state index contributed by atoms with van der Waals surface area (Å²) in [6.45, 7) is 10.9. The minimum absolute atomic E-state index is 0.134. The molecule has 1 fully saturated rings. The van der Waals surface area contributed by atoms with Gasteiger partial charge in [0.05, 0.1) is 11.3 Å². The number of aryl methyl sites for hydroxylation is 2. The fraction of sp³-hybridized carbons (Fsp3) is 0.647. The summed E-state index contributed by atoms with van der Waals surface area (Å²) < 4.78 is 0. The standard InChI is InChI=1S/C17H27N3O/c1-12(2)18-10-15-6-5-9-20(11-15)17(21)16-8-7-13(3)19-14(16)4/h7-8,12,15,18H,5-6,9-11H2,1-4H3. The van der Waals surface area contributed by atoms with Crippen molar-refractivity contribution < 1.29 is 4.79 Å². The first-order valence-electron chi connectivity index (χ1n) is 7.94. The summed E-state index contributed by atoms with van der Waals surface area (Å²) >= 11 is 0. The van der Waals surface area contributed by atoms with Crippen molar-refractivity contribution in [3.05, 3.63) is 29.1 Å². The van der Waals surface area contributed by atoms with Gasteiger partial charge in [-0.15, -0.1) is 0 Å². The summed E-state index contributed by atoms with van der Waals surface area (Å²) in [5, 5.41) is 3.48. The maximum atomic E-state index is 12.7. The van der Waals surface area contributed by atoms with Gasteiger partial charge in [-0.3, -0.25) is 9.78 Å². The van der Waals surface area contributed by atoms with E-state index in [1.54, 1.807) is 0 Å². The molecule has 1 aromatic heterocycles. The van der Waals surface area contributed by atoms with Crippen LogP contribution in [0.2, 0.25) is 0 Å². The molecule has 1 N–H and O–H groups in total. The van der Waals surface area contributed by atoms with E-state index in [9.17, 15) is 4.79 Å². The smallest absolute Gasteiger partial charge is 0.255 e. The average molecular weight is 289 g/mol. The zero-order valence-corrected chi connectivity index (χ0v) is 13.6. The molecule has 1 saturated heterocycles. The molecule has 0 aliphatic carbocycles. The predicted molar refractivity (Wildman–Crippen MR) is 85.5 cm³/mol. The molecule has 1 atom stereocenters.